The second-order valence-corrected chi connectivity index (χ2v) is 6.64. The Labute approximate surface area is 132 Å². The molecule has 4 nitrogen and oxygen atoms in total. The van der Waals surface area contributed by atoms with Crippen LogP contribution < -0.4 is 5.32 Å². The summed E-state index contributed by atoms with van der Waals surface area (Å²) in [7, 11) is -2.91. The average Bonchev–Trinajstić information content (AvgIpc) is 2.45. The van der Waals surface area contributed by atoms with Crippen LogP contribution in [0.5, 0.6) is 0 Å². The molecule has 1 aliphatic rings. The van der Waals surface area contributed by atoms with Gasteiger partial charge in [0.05, 0.1) is 0 Å². The summed E-state index contributed by atoms with van der Waals surface area (Å²) in [6, 6.07) is 0.0760. The topological polar surface area (TPSA) is 49.4 Å². The minimum atomic E-state index is -4.62. The first-order chi connectivity index (χ1) is 9.78. The summed E-state index contributed by atoms with van der Waals surface area (Å²) >= 11 is 0. The van der Waals surface area contributed by atoms with Crippen LogP contribution in [0.2, 0.25) is 0 Å². The van der Waals surface area contributed by atoms with Crippen LogP contribution in [0.3, 0.4) is 0 Å². The molecule has 0 radical (unpaired) electrons. The molecule has 1 saturated heterocycles. The largest absolute Gasteiger partial charge is 0.317 e. The van der Waals surface area contributed by atoms with Crippen molar-refractivity contribution in [3.8, 4) is 0 Å². The Balaban J connectivity index is 0.00000242. The van der Waals surface area contributed by atoms with E-state index in [4.69, 9.17) is 0 Å². The molecule has 0 bridgehead atoms. The third-order valence-corrected chi connectivity index (χ3v) is 5.45. The number of halogens is 5. The molecule has 2 rings (SSSR count). The van der Waals surface area contributed by atoms with Gasteiger partial charge in [0.2, 0.25) is 10.0 Å². The molecule has 1 heterocycles. The lowest BCUT2D eigenvalue weighted by molar-refractivity contribution is 0.295. The molecule has 10 heteroatoms. The van der Waals surface area contributed by atoms with Crippen LogP contribution >= 0.6 is 12.4 Å². The molecule has 126 valence electrons. The molecule has 0 saturated carbocycles. The average molecular weight is 363 g/mol. The highest BCUT2D eigenvalue weighted by atomic mass is 35.5. The summed E-state index contributed by atoms with van der Waals surface area (Å²) in [5, 5.41) is 2.97. The van der Waals surface area contributed by atoms with Crippen LogP contribution in [-0.4, -0.2) is 38.9 Å². The SMILES string of the molecule is CNC1CCN(S(=O)(=O)c2c(F)c(F)cc(F)c2F)CC1.Cl. The summed E-state index contributed by atoms with van der Waals surface area (Å²) in [5.41, 5.74) is 0. The van der Waals surface area contributed by atoms with Crippen molar-refractivity contribution in [1.82, 2.24) is 9.62 Å². The molecule has 22 heavy (non-hydrogen) atoms. The maximum Gasteiger partial charge on any atom is 0.249 e. The monoisotopic (exact) mass is 362 g/mol. The molecule has 1 aliphatic heterocycles. The molecule has 0 atom stereocenters. The molecule has 0 unspecified atom stereocenters. The standard InChI is InChI=1S/C12H14F4N2O2S.ClH/c1-17-7-2-4-18(5-3-7)21(19,20)12-10(15)8(13)6-9(14)11(12)16;/h6-7,17H,2-5H2,1H3;1H. The third kappa shape index (κ3) is 3.37. The smallest absolute Gasteiger partial charge is 0.249 e. The predicted molar refractivity (Wildman–Crippen MR) is 74.4 cm³/mol. The Morgan fingerprint density at radius 1 is 1.09 bits per heavy atom. The van der Waals surface area contributed by atoms with Crippen LogP contribution in [0.4, 0.5) is 17.6 Å². The molecular weight excluding hydrogens is 348 g/mol. The van der Waals surface area contributed by atoms with Crippen molar-refractivity contribution in [2.24, 2.45) is 0 Å². The fourth-order valence-electron chi connectivity index (χ4n) is 2.29. The number of nitrogens with one attached hydrogen (secondary N) is 1. The lowest BCUT2D eigenvalue weighted by Gasteiger charge is -2.31. The Morgan fingerprint density at radius 3 is 1.95 bits per heavy atom. The van der Waals surface area contributed by atoms with E-state index in [9.17, 15) is 26.0 Å². The van der Waals surface area contributed by atoms with Crippen molar-refractivity contribution in [3.63, 3.8) is 0 Å². The van der Waals surface area contributed by atoms with Gasteiger partial charge in [0.1, 0.15) is 0 Å². The molecular formula is C12H15ClF4N2O2S. The van der Waals surface area contributed by atoms with Crippen LogP contribution in [0.25, 0.3) is 0 Å². The van der Waals surface area contributed by atoms with Crippen LogP contribution in [-0.2, 0) is 10.0 Å². The molecule has 0 aliphatic carbocycles. The Morgan fingerprint density at radius 2 is 1.55 bits per heavy atom. The second-order valence-electron chi connectivity index (χ2n) is 4.76. The van der Waals surface area contributed by atoms with Gasteiger partial charge in [0.25, 0.3) is 0 Å². The summed E-state index contributed by atoms with van der Waals surface area (Å²) in [5.74, 6) is -7.27. The highest BCUT2D eigenvalue weighted by Crippen LogP contribution is 2.28. The van der Waals surface area contributed by atoms with Crippen LogP contribution in [0.1, 0.15) is 12.8 Å². The molecule has 1 aromatic rings. The molecule has 1 aromatic carbocycles. The normalized spacial score (nSPS) is 17.3. The van der Waals surface area contributed by atoms with E-state index in [-0.39, 0.29) is 37.6 Å². The molecule has 0 spiro atoms. The van der Waals surface area contributed by atoms with E-state index in [1.165, 1.54) is 0 Å². The fraction of sp³-hybridized carbons (Fsp3) is 0.500. The number of benzene rings is 1. The number of piperidine rings is 1. The van der Waals surface area contributed by atoms with Crippen molar-refractivity contribution >= 4 is 22.4 Å². The van der Waals surface area contributed by atoms with Crippen LogP contribution in [0, 0.1) is 23.3 Å². The van der Waals surface area contributed by atoms with Gasteiger partial charge in [-0.1, -0.05) is 0 Å². The van der Waals surface area contributed by atoms with Crippen molar-refractivity contribution in [3.05, 3.63) is 29.3 Å². The van der Waals surface area contributed by atoms with Gasteiger partial charge in [0, 0.05) is 25.2 Å². The molecule has 0 aromatic heterocycles. The van der Waals surface area contributed by atoms with E-state index < -0.39 is 38.2 Å². The summed E-state index contributed by atoms with van der Waals surface area (Å²) in [6.07, 6.45) is 0.882. The summed E-state index contributed by atoms with van der Waals surface area (Å²) in [6.45, 7) is 0.0374. The maximum absolute atomic E-state index is 13.6. The van der Waals surface area contributed by atoms with Gasteiger partial charge in [-0.05, 0) is 19.9 Å². The lowest BCUT2D eigenvalue weighted by Crippen LogP contribution is -2.44. The van der Waals surface area contributed by atoms with Gasteiger partial charge in [-0.25, -0.2) is 26.0 Å². The van der Waals surface area contributed by atoms with Gasteiger partial charge < -0.3 is 5.32 Å². The zero-order chi connectivity index (χ0) is 15.8. The Bertz CT molecular complexity index is 623. The fourth-order valence-corrected chi connectivity index (χ4v) is 3.89. The highest BCUT2D eigenvalue weighted by molar-refractivity contribution is 7.89. The van der Waals surface area contributed by atoms with Gasteiger partial charge >= 0.3 is 0 Å². The van der Waals surface area contributed by atoms with E-state index in [1.807, 2.05) is 0 Å². The number of sulfonamides is 1. The maximum atomic E-state index is 13.6. The molecule has 0 amide bonds. The first-order valence-electron chi connectivity index (χ1n) is 6.29. The quantitative estimate of drug-likeness (QED) is 0.661. The number of rotatable bonds is 3. The predicted octanol–water partition coefficient (Wildman–Crippen LogP) is 2.04. The number of hydrogen-bond acceptors (Lipinski definition) is 3. The van der Waals surface area contributed by atoms with Crippen LogP contribution in [0.15, 0.2) is 11.0 Å². The Kier molecular flexibility index (Phi) is 6.19. The van der Waals surface area contributed by atoms with Gasteiger partial charge in [-0.2, -0.15) is 4.31 Å². The lowest BCUT2D eigenvalue weighted by atomic mass is 10.1. The first kappa shape index (κ1) is 19.1. The van der Waals surface area contributed by atoms with Crippen molar-refractivity contribution in [2.75, 3.05) is 20.1 Å². The number of nitrogens with zero attached hydrogens (tertiary/aromatic N) is 1. The van der Waals surface area contributed by atoms with Crippen molar-refractivity contribution < 1.29 is 26.0 Å². The van der Waals surface area contributed by atoms with Gasteiger partial charge in [-0.3, -0.25) is 0 Å². The van der Waals surface area contributed by atoms with E-state index in [1.54, 1.807) is 7.05 Å². The minimum absolute atomic E-state index is 0. The van der Waals surface area contributed by atoms with Gasteiger partial charge in [0.15, 0.2) is 28.2 Å². The van der Waals surface area contributed by atoms with E-state index in [0.717, 1.165) is 4.31 Å². The third-order valence-electron chi connectivity index (χ3n) is 3.53. The van der Waals surface area contributed by atoms with Gasteiger partial charge in [-0.15, -0.1) is 12.4 Å². The Hall–Kier alpha value is -0.900. The summed E-state index contributed by atoms with van der Waals surface area (Å²) in [4.78, 5) is -1.57. The van der Waals surface area contributed by atoms with E-state index >= 15 is 0 Å². The second kappa shape index (κ2) is 7.12. The molecule has 1 fully saturated rings. The summed E-state index contributed by atoms with van der Waals surface area (Å²) < 4.78 is 78.9. The highest BCUT2D eigenvalue weighted by Gasteiger charge is 2.36. The first-order valence-corrected chi connectivity index (χ1v) is 7.73. The van der Waals surface area contributed by atoms with Crippen molar-refractivity contribution in [1.29, 1.82) is 0 Å². The van der Waals surface area contributed by atoms with E-state index in [2.05, 4.69) is 5.32 Å². The minimum Gasteiger partial charge on any atom is -0.317 e. The molecule has 1 N–H and O–H groups in total. The van der Waals surface area contributed by atoms with E-state index in [0.29, 0.717) is 12.8 Å². The van der Waals surface area contributed by atoms with Crippen molar-refractivity contribution in [2.45, 2.75) is 23.8 Å². The zero-order valence-electron chi connectivity index (χ0n) is 11.6. The number of hydrogen-bond donors (Lipinski definition) is 1. The zero-order valence-corrected chi connectivity index (χ0v) is 13.2.